The highest BCUT2D eigenvalue weighted by atomic mass is 32.2. The van der Waals surface area contributed by atoms with E-state index in [1.807, 2.05) is 31.1 Å². The van der Waals surface area contributed by atoms with Gasteiger partial charge in [-0.2, -0.15) is 11.8 Å². The second-order valence-corrected chi connectivity index (χ2v) is 5.67. The summed E-state index contributed by atoms with van der Waals surface area (Å²) in [7, 11) is 4.16. The Kier molecular flexibility index (Phi) is 7.32. The van der Waals surface area contributed by atoms with E-state index >= 15 is 0 Å². The van der Waals surface area contributed by atoms with Gasteiger partial charge < -0.3 is 5.32 Å². The summed E-state index contributed by atoms with van der Waals surface area (Å²) in [5.41, 5.74) is 2.48. The molecule has 0 fully saturated rings. The summed E-state index contributed by atoms with van der Waals surface area (Å²) in [6, 6.07) is 4.76. The van der Waals surface area contributed by atoms with E-state index in [1.165, 1.54) is 23.4 Å². The maximum atomic E-state index is 4.51. The summed E-state index contributed by atoms with van der Waals surface area (Å²) in [6.45, 7) is 4.10. The van der Waals surface area contributed by atoms with Gasteiger partial charge in [-0.05, 0) is 51.1 Å². The molecule has 1 aromatic heterocycles. The molecule has 0 aliphatic heterocycles. The van der Waals surface area contributed by atoms with E-state index in [0.29, 0.717) is 6.04 Å². The maximum Gasteiger partial charge on any atom is 0.0588 e. The lowest BCUT2D eigenvalue weighted by atomic mass is 10.1. The molecule has 0 aliphatic carbocycles. The molecule has 102 valence electrons. The number of aromatic nitrogens is 1. The minimum atomic E-state index is 0.599. The van der Waals surface area contributed by atoms with Crippen molar-refractivity contribution in [2.24, 2.45) is 0 Å². The van der Waals surface area contributed by atoms with E-state index in [4.69, 9.17) is 0 Å². The van der Waals surface area contributed by atoms with Crippen LogP contribution in [0.5, 0.6) is 0 Å². The lowest BCUT2D eigenvalue weighted by molar-refractivity contribution is 0.241. The van der Waals surface area contributed by atoms with Crippen LogP contribution in [0.1, 0.15) is 24.6 Å². The average Bonchev–Trinajstić information content (AvgIpc) is 2.38. The predicted octanol–water partition coefficient (Wildman–Crippen LogP) is 2.37. The van der Waals surface area contributed by atoms with Gasteiger partial charge >= 0.3 is 0 Å². The third kappa shape index (κ3) is 4.96. The van der Waals surface area contributed by atoms with Crippen molar-refractivity contribution in [3.63, 3.8) is 0 Å². The van der Waals surface area contributed by atoms with Crippen LogP contribution in [0.3, 0.4) is 0 Å². The Labute approximate surface area is 115 Å². The van der Waals surface area contributed by atoms with Gasteiger partial charge in [-0.1, -0.05) is 6.07 Å². The normalized spacial score (nSPS) is 12.9. The van der Waals surface area contributed by atoms with E-state index < -0.39 is 0 Å². The number of pyridine rings is 1. The molecule has 0 radical (unpaired) electrons. The van der Waals surface area contributed by atoms with Crippen molar-refractivity contribution in [3.05, 3.63) is 29.6 Å². The molecule has 3 nitrogen and oxygen atoms in total. The van der Waals surface area contributed by atoms with Crippen molar-refractivity contribution in [2.45, 2.75) is 32.5 Å². The largest absolute Gasteiger partial charge is 0.316 e. The molecule has 0 bridgehead atoms. The standard InChI is InChI=1S/C14H25N3S/c1-12(7-9-18-4)17(3)11-14-13(10-15-2)6-5-8-16-14/h5-6,8,12,15H,7,9-11H2,1-4H3. The third-order valence-electron chi connectivity index (χ3n) is 3.24. The minimum Gasteiger partial charge on any atom is -0.316 e. The fourth-order valence-corrected chi connectivity index (χ4v) is 2.44. The molecule has 0 saturated heterocycles. The first-order chi connectivity index (χ1) is 8.69. The van der Waals surface area contributed by atoms with Crippen molar-refractivity contribution >= 4 is 11.8 Å². The van der Waals surface area contributed by atoms with Crippen LogP contribution in [-0.2, 0) is 13.1 Å². The van der Waals surface area contributed by atoms with Crippen molar-refractivity contribution in [1.82, 2.24) is 15.2 Å². The molecule has 1 heterocycles. The highest BCUT2D eigenvalue weighted by Gasteiger charge is 2.11. The number of nitrogens with one attached hydrogen (secondary N) is 1. The summed E-state index contributed by atoms with van der Waals surface area (Å²) in [6.07, 6.45) is 5.28. The van der Waals surface area contributed by atoms with Gasteiger partial charge in [-0.25, -0.2) is 0 Å². The molecule has 1 rings (SSSR count). The van der Waals surface area contributed by atoms with Gasteiger partial charge in [0.1, 0.15) is 0 Å². The van der Waals surface area contributed by atoms with Gasteiger partial charge in [0.2, 0.25) is 0 Å². The fourth-order valence-electron chi connectivity index (χ4n) is 1.87. The van der Waals surface area contributed by atoms with Crippen LogP contribution < -0.4 is 5.32 Å². The van der Waals surface area contributed by atoms with Crippen LogP contribution >= 0.6 is 11.8 Å². The lowest BCUT2D eigenvalue weighted by Crippen LogP contribution is -2.30. The van der Waals surface area contributed by atoms with Crippen molar-refractivity contribution in [1.29, 1.82) is 0 Å². The summed E-state index contributed by atoms with van der Waals surface area (Å²) in [5, 5.41) is 3.20. The van der Waals surface area contributed by atoms with Crippen LogP contribution in [0.15, 0.2) is 18.3 Å². The molecule has 0 amide bonds. The predicted molar refractivity (Wildman–Crippen MR) is 80.9 cm³/mol. The molecule has 4 heteroatoms. The Balaban J connectivity index is 2.60. The Bertz CT molecular complexity index is 344. The number of thioether (sulfide) groups is 1. The first-order valence-electron chi connectivity index (χ1n) is 6.45. The molecule has 0 spiro atoms. The highest BCUT2D eigenvalue weighted by molar-refractivity contribution is 7.98. The third-order valence-corrected chi connectivity index (χ3v) is 3.89. The fraction of sp³-hybridized carbons (Fsp3) is 0.643. The Hall–Kier alpha value is -0.580. The Morgan fingerprint density at radius 1 is 1.50 bits per heavy atom. The number of rotatable bonds is 8. The van der Waals surface area contributed by atoms with E-state index in [0.717, 1.165) is 13.1 Å². The molecule has 18 heavy (non-hydrogen) atoms. The molecule has 0 aromatic carbocycles. The maximum absolute atomic E-state index is 4.51. The second-order valence-electron chi connectivity index (χ2n) is 4.69. The van der Waals surface area contributed by atoms with Gasteiger partial charge in [0.05, 0.1) is 5.69 Å². The van der Waals surface area contributed by atoms with Crippen LogP contribution in [0.25, 0.3) is 0 Å². The molecule has 0 aliphatic rings. The minimum absolute atomic E-state index is 0.599. The summed E-state index contributed by atoms with van der Waals surface area (Å²) >= 11 is 1.91. The zero-order valence-corrected chi connectivity index (χ0v) is 12.8. The van der Waals surface area contributed by atoms with Gasteiger partial charge in [-0.3, -0.25) is 9.88 Å². The van der Waals surface area contributed by atoms with Crippen molar-refractivity contribution in [2.75, 3.05) is 26.1 Å². The second kappa shape index (κ2) is 8.51. The lowest BCUT2D eigenvalue weighted by Gasteiger charge is -2.25. The molecular weight excluding hydrogens is 242 g/mol. The molecule has 1 N–H and O–H groups in total. The number of nitrogens with zero attached hydrogens (tertiary/aromatic N) is 2. The number of hydrogen-bond acceptors (Lipinski definition) is 4. The molecule has 1 atom stereocenters. The number of hydrogen-bond donors (Lipinski definition) is 1. The quantitative estimate of drug-likeness (QED) is 0.783. The summed E-state index contributed by atoms with van der Waals surface area (Å²) in [4.78, 5) is 6.90. The Morgan fingerprint density at radius 3 is 2.94 bits per heavy atom. The first-order valence-corrected chi connectivity index (χ1v) is 7.85. The molecule has 1 aromatic rings. The topological polar surface area (TPSA) is 28.2 Å². The van der Waals surface area contributed by atoms with Gasteiger partial charge in [-0.15, -0.1) is 0 Å². The van der Waals surface area contributed by atoms with E-state index in [-0.39, 0.29) is 0 Å². The molecule has 0 saturated carbocycles. The average molecular weight is 267 g/mol. The summed E-state index contributed by atoms with van der Waals surface area (Å²) < 4.78 is 0. The van der Waals surface area contributed by atoms with Crippen LogP contribution in [0.2, 0.25) is 0 Å². The first kappa shape index (κ1) is 15.5. The van der Waals surface area contributed by atoms with Crippen LogP contribution in [0.4, 0.5) is 0 Å². The summed E-state index contributed by atoms with van der Waals surface area (Å²) in [5.74, 6) is 1.22. The van der Waals surface area contributed by atoms with Gasteiger partial charge in [0.15, 0.2) is 0 Å². The van der Waals surface area contributed by atoms with Gasteiger partial charge in [0, 0.05) is 25.3 Å². The van der Waals surface area contributed by atoms with E-state index in [2.05, 4.69) is 41.5 Å². The Morgan fingerprint density at radius 2 is 2.28 bits per heavy atom. The van der Waals surface area contributed by atoms with E-state index in [1.54, 1.807) is 0 Å². The van der Waals surface area contributed by atoms with Crippen LogP contribution in [0, 0.1) is 0 Å². The zero-order valence-electron chi connectivity index (χ0n) is 11.9. The molecular formula is C14H25N3S. The van der Waals surface area contributed by atoms with Crippen LogP contribution in [-0.4, -0.2) is 42.0 Å². The van der Waals surface area contributed by atoms with Crippen molar-refractivity contribution in [3.8, 4) is 0 Å². The SMILES string of the molecule is CNCc1cccnc1CN(C)C(C)CCSC. The molecule has 1 unspecified atom stereocenters. The van der Waals surface area contributed by atoms with Crippen molar-refractivity contribution < 1.29 is 0 Å². The van der Waals surface area contributed by atoms with E-state index in [9.17, 15) is 0 Å². The monoisotopic (exact) mass is 267 g/mol. The zero-order chi connectivity index (χ0) is 13.4. The smallest absolute Gasteiger partial charge is 0.0588 e. The highest BCUT2D eigenvalue weighted by Crippen LogP contribution is 2.12. The van der Waals surface area contributed by atoms with Gasteiger partial charge in [0.25, 0.3) is 0 Å².